The summed E-state index contributed by atoms with van der Waals surface area (Å²) in [5, 5.41) is 7.73. The van der Waals surface area contributed by atoms with Crippen molar-refractivity contribution in [3.8, 4) is 11.1 Å². The maximum absolute atomic E-state index is 14.5. The van der Waals surface area contributed by atoms with Gasteiger partial charge in [0.2, 0.25) is 0 Å². The van der Waals surface area contributed by atoms with Crippen molar-refractivity contribution in [2.75, 3.05) is 24.6 Å². The van der Waals surface area contributed by atoms with Crippen molar-refractivity contribution in [2.45, 2.75) is 18.8 Å². The number of piperidine rings is 1. The van der Waals surface area contributed by atoms with Crippen LogP contribution in [0.4, 0.5) is 15.9 Å². The fourth-order valence-corrected chi connectivity index (χ4v) is 3.46. The predicted molar refractivity (Wildman–Crippen MR) is 92.1 cm³/mol. The number of anilines is 2. The van der Waals surface area contributed by atoms with E-state index in [1.165, 1.54) is 12.4 Å². The van der Waals surface area contributed by atoms with E-state index < -0.39 is 0 Å². The molecule has 0 radical (unpaired) electrons. The molecule has 0 unspecified atom stereocenters. The standard InChI is InChI=1S/C17H19FN6/c18-14-7-11(19)1-2-12(14)13-8-15(10-3-5-21-6-4-10)24-16(13)17(20)22-9-23-24/h1-2,7-10,21H,3-6,19H2,(H2,20,22,23). The molecule has 4 rings (SSSR count). The minimum absolute atomic E-state index is 0.344. The van der Waals surface area contributed by atoms with E-state index >= 15 is 0 Å². The van der Waals surface area contributed by atoms with Gasteiger partial charge in [0.25, 0.3) is 0 Å². The molecular formula is C17H19FN6. The van der Waals surface area contributed by atoms with Gasteiger partial charge in [-0.3, -0.25) is 0 Å². The number of fused-ring (bicyclic) bond motifs is 1. The summed E-state index contributed by atoms with van der Waals surface area (Å²) < 4.78 is 16.3. The van der Waals surface area contributed by atoms with Gasteiger partial charge in [-0.25, -0.2) is 13.9 Å². The molecule has 124 valence electrons. The largest absolute Gasteiger partial charge is 0.399 e. The van der Waals surface area contributed by atoms with Gasteiger partial charge in [-0.05, 0) is 50.2 Å². The van der Waals surface area contributed by atoms with Crippen LogP contribution in [-0.2, 0) is 0 Å². The van der Waals surface area contributed by atoms with E-state index in [9.17, 15) is 4.39 Å². The summed E-state index contributed by atoms with van der Waals surface area (Å²) in [6.07, 6.45) is 3.47. The molecule has 1 saturated heterocycles. The molecule has 0 bridgehead atoms. The molecule has 3 aromatic rings. The van der Waals surface area contributed by atoms with Crippen LogP contribution in [0.25, 0.3) is 16.6 Å². The molecule has 0 atom stereocenters. The second kappa shape index (κ2) is 5.76. The molecule has 1 aliphatic heterocycles. The van der Waals surface area contributed by atoms with E-state index in [0.29, 0.717) is 34.1 Å². The predicted octanol–water partition coefficient (Wildman–Crippen LogP) is 2.17. The van der Waals surface area contributed by atoms with Crippen molar-refractivity contribution in [1.29, 1.82) is 0 Å². The summed E-state index contributed by atoms with van der Waals surface area (Å²) in [5.74, 6) is 0.331. The van der Waals surface area contributed by atoms with E-state index in [4.69, 9.17) is 11.5 Å². The molecule has 0 amide bonds. The Morgan fingerprint density at radius 1 is 1.12 bits per heavy atom. The summed E-state index contributed by atoms with van der Waals surface area (Å²) in [7, 11) is 0. The van der Waals surface area contributed by atoms with Gasteiger partial charge >= 0.3 is 0 Å². The molecule has 0 saturated carbocycles. The summed E-state index contributed by atoms with van der Waals surface area (Å²) in [5.41, 5.74) is 15.0. The lowest BCUT2D eigenvalue weighted by atomic mass is 9.94. The number of aromatic nitrogens is 3. The van der Waals surface area contributed by atoms with E-state index in [-0.39, 0.29) is 5.82 Å². The fraction of sp³-hybridized carbons (Fsp3) is 0.294. The quantitative estimate of drug-likeness (QED) is 0.627. The smallest absolute Gasteiger partial charge is 0.151 e. The minimum atomic E-state index is -0.373. The maximum Gasteiger partial charge on any atom is 0.151 e. The SMILES string of the molecule is Nc1ccc(-c2cc(C3CCNCC3)n3ncnc(N)c23)c(F)c1. The zero-order valence-corrected chi connectivity index (χ0v) is 13.2. The number of nitrogens with one attached hydrogen (secondary N) is 1. The molecule has 1 aliphatic rings. The Balaban J connectivity index is 1.95. The highest BCUT2D eigenvalue weighted by Gasteiger charge is 2.24. The summed E-state index contributed by atoms with van der Waals surface area (Å²) in [6, 6.07) is 6.68. The molecule has 0 aliphatic carbocycles. The lowest BCUT2D eigenvalue weighted by molar-refractivity contribution is 0.448. The lowest BCUT2D eigenvalue weighted by Crippen LogP contribution is -2.27. The van der Waals surface area contributed by atoms with Gasteiger partial charge in [-0.2, -0.15) is 5.10 Å². The van der Waals surface area contributed by atoms with Crippen molar-refractivity contribution in [1.82, 2.24) is 19.9 Å². The molecule has 2 aromatic heterocycles. The van der Waals surface area contributed by atoms with E-state index in [1.807, 2.05) is 10.6 Å². The molecule has 1 fully saturated rings. The van der Waals surface area contributed by atoms with Gasteiger partial charge in [-0.15, -0.1) is 0 Å². The van der Waals surface area contributed by atoms with E-state index in [0.717, 1.165) is 31.6 Å². The molecule has 0 spiro atoms. The van der Waals surface area contributed by atoms with Crippen LogP contribution in [0.2, 0.25) is 0 Å². The number of hydrogen-bond donors (Lipinski definition) is 3. The van der Waals surface area contributed by atoms with Crippen LogP contribution in [0.15, 0.2) is 30.6 Å². The van der Waals surface area contributed by atoms with Crippen molar-refractivity contribution in [2.24, 2.45) is 0 Å². The van der Waals surface area contributed by atoms with E-state index in [2.05, 4.69) is 15.4 Å². The normalized spacial score (nSPS) is 15.9. The number of nitrogen functional groups attached to an aromatic ring is 2. The Morgan fingerprint density at radius 3 is 2.67 bits per heavy atom. The number of rotatable bonds is 2. The van der Waals surface area contributed by atoms with Gasteiger partial charge in [0.05, 0.1) is 0 Å². The van der Waals surface area contributed by atoms with Crippen LogP contribution in [0.3, 0.4) is 0 Å². The molecule has 5 N–H and O–H groups in total. The number of halogens is 1. The minimum Gasteiger partial charge on any atom is -0.399 e. The molecule has 7 heteroatoms. The maximum atomic E-state index is 14.5. The zero-order valence-electron chi connectivity index (χ0n) is 13.2. The second-order valence-electron chi connectivity index (χ2n) is 6.15. The first kappa shape index (κ1) is 14.9. The third kappa shape index (κ3) is 2.37. The topological polar surface area (TPSA) is 94.3 Å². The first-order valence-corrected chi connectivity index (χ1v) is 8.03. The lowest BCUT2D eigenvalue weighted by Gasteiger charge is -2.22. The van der Waals surface area contributed by atoms with Gasteiger partial charge in [0.1, 0.15) is 17.7 Å². The van der Waals surface area contributed by atoms with Gasteiger partial charge in [-0.1, -0.05) is 0 Å². The van der Waals surface area contributed by atoms with Crippen LogP contribution in [0, 0.1) is 5.82 Å². The number of hydrogen-bond acceptors (Lipinski definition) is 5. The molecule has 1 aromatic carbocycles. The van der Waals surface area contributed by atoms with Crippen molar-refractivity contribution >= 4 is 17.0 Å². The highest BCUT2D eigenvalue weighted by Crippen LogP contribution is 2.36. The third-order valence-electron chi connectivity index (χ3n) is 4.65. The Bertz CT molecular complexity index is 897. The van der Waals surface area contributed by atoms with Crippen molar-refractivity contribution < 1.29 is 4.39 Å². The average Bonchev–Trinajstić information content (AvgIpc) is 2.96. The Hall–Kier alpha value is -2.67. The Kier molecular flexibility index (Phi) is 3.57. The Labute approximate surface area is 138 Å². The fourth-order valence-electron chi connectivity index (χ4n) is 3.46. The summed E-state index contributed by atoms with van der Waals surface area (Å²) >= 11 is 0. The number of nitrogens with two attached hydrogens (primary N) is 2. The van der Waals surface area contributed by atoms with Crippen LogP contribution in [0.5, 0.6) is 0 Å². The highest BCUT2D eigenvalue weighted by molar-refractivity contribution is 5.89. The Morgan fingerprint density at radius 2 is 1.92 bits per heavy atom. The van der Waals surface area contributed by atoms with Crippen molar-refractivity contribution in [3.05, 3.63) is 42.1 Å². The molecule has 3 heterocycles. The van der Waals surface area contributed by atoms with E-state index in [1.54, 1.807) is 12.1 Å². The van der Waals surface area contributed by atoms with Gasteiger partial charge in [0.15, 0.2) is 5.82 Å². The zero-order chi connectivity index (χ0) is 16.7. The number of benzene rings is 1. The van der Waals surface area contributed by atoms with Gasteiger partial charge < -0.3 is 16.8 Å². The molecular weight excluding hydrogens is 307 g/mol. The summed E-state index contributed by atoms with van der Waals surface area (Å²) in [4.78, 5) is 4.09. The van der Waals surface area contributed by atoms with Crippen molar-refractivity contribution in [3.63, 3.8) is 0 Å². The monoisotopic (exact) mass is 326 g/mol. The first-order valence-electron chi connectivity index (χ1n) is 8.03. The van der Waals surface area contributed by atoms with Crippen LogP contribution in [-0.4, -0.2) is 27.7 Å². The van der Waals surface area contributed by atoms with Crippen LogP contribution >= 0.6 is 0 Å². The van der Waals surface area contributed by atoms with Crippen LogP contribution in [0.1, 0.15) is 24.5 Å². The first-order chi connectivity index (χ1) is 11.6. The summed E-state index contributed by atoms with van der Waals surface area (Å²) in [6.45, 7) is 1.92. The highest BCUT2D eigenvalue weighted by atomic mass is 19.1. The second-order valence-corrected chi connectivity index (χ2v) is 6.15. The number of nitrogens with zero attached hydrogens (tertiary/aromatic N) is 3. The van der Waals surface area contributed by atoms with Crippen LogP contribution < -0.4 is 16.8 Å². The molecule has 24 heavy (non-hydrogen) atoms. The van der Waals surface area contributed by atoms with Gasteiger partial charge in [0, 0.05) is 28.4 Å². The average molecular weight is 326 g/mol. The third-order valence-corrected chi connectivity index (χ3v) is 4.65. The molecule has 6 nitrogen and oxygen atoms in total.